The van der Waals surface area contributed by atoms with Crippen LogP contribution in [0.15, 0.2) is 54.6 Å². The molecule has 1 amide bonds. The van der Waals surface area contributed by atoms with E-state index < -0.39 is 0 Å². The number of nitrogens with one attached hydrogen (secondary N) is 2. The first-order chi connectivity index (χ1) is 13.7. The van der Waals surface area contributed by atoms with Crippen LogP contribution in [0.5, 0.6) is 0 Å². The van der Waals surface area contributed by atoms with Gasteiger partial charge >= 0.3 is 0 Å². The first-order valence-corrected chi connectivity index (χ1v) is 9.61. The van der Waals surface area contributed by atoms with Crippen molar-refractivity contribution in [3.05, 3.63) is 71.7 Å². The predicted molar refractivity (Wildman–Crippen MR) is 108 cm³/mol. The van der Waals surface area contributed by atoms with Crippen molar-refractivity contribution in [1.82, 2.24) is 15.1 Å². The van der Waals surface area contributed by atoms with Gasteiger partial charge in [-0.05, 0) is 74.0 Å². The predicted octanol–water partition coefficient (Wildman–Crippen LogP) is 4.45. The number of anilines is 1. The summed E-state index contributed by atoms with van der Waals surface area (Å²) >= 11 is 0. The van der Waals surface area contributed by atoms with Crippen LogP contribution in [-0.4, -0.2) is 34.1 Å². The number of amides is 1. The van der Waals surface area contributed by atoms with Gasteiger partial charge in [-0.3, -0.25) is 14.8 Å². The molecule has 2 aromatic carbocycles. The molecule has 4 rings (SSSR count). The summed E-state index contributed by atoms with van der Waals surface area (Å²) in [6.45, 7) is 3.28. The molecule has 0 aliphatic carbocycles. The highest BCUT2D eigenvalue weighted by molar-refractivity contribution is 6.03. The van der Waals surface area contributed by atoms with Gasteiger partial charge in [-0.2, -0.15) is 5.10 Å². The minimum absolute atomic E-state index is 0.260. The van der Waals surface area contributed by atoms with Gasteiger partial charge in [0.2, 0.25) is 0 Å². The molecular formula is C22H23FN4O. The van der Waals surface area contributed by atoms with Crippen LogP contribution in [0, 0.1) is 5.82 Å². The lowest BCUT2D eigenvalue weighted by Crippen LogP contribution is -2.29. The number of aromatic nitrogens is 2. The van der Waals surface area contributed by atoms with Crippen LogP contribution in [0.4, 0.5) is 10.1 Å². The van der Waals surface area contributed by atoms with E-state index in [1.165, 1.54) is 37.0 Å². The SMILES string of the molecule is O=C(Nc1ccc(CN2CCCCC2)cc1)c1cc(-c2ccc(F)cc2)n[nH]1. The van der Waals surface area contributed by atoms with E-state index in [2.05, 4.69) is 32.5 Å². The van der Waals surface area contributed by atoms with Gasteiger partial charge in [0.15, 0.2) is 0 Å². The third-order valence-corrected chi connectivity index (χ3v) is 5.03. The second-order valence-corrected chi connectivity index (χ2v) is 7.16. The fraction of sp³-hybridized carbons (Fsp3) is 0.273. The summed E-state index contributed by atoms with van der Waals surface area (Å²) in [6.07, 6.45) is 3.88. The first kappa shape index (κ1) is 18.4. The van der Waals surface area contributed by atoms with Gasteiger partial charge in [0.25, 0.3) is 5.91 Å². The summed E-state index contributed by atoms with van der Waals surface area (Å²) < 4.78 is 13.0. The van der Waals surface area contributed by atoms with E-state index >= 15 is 0 Å². The molecule has 1 aliphatic rings. The van der Waals surface area contributed by atoms with E-state index in [9.17, 15) is 9.18 Å². The first-order valence-electron chi connectivity index (χ1n) is 9.61. The second-order valence-electron chi connectivity index (χ2n) is 7.16. The van der Waals surface area contributed by atoms with Crippen LogP contribution in [0.1, 0.15) is 35.3 Å². The maximum absolute atomic E-state index is 13.0. The monoisotopic (exact) mass is 378 g/mol. The number of rotatable bonds is 5. The number of likely N-dealkylation sites (tertiary alicyclic amines) is 1. The van der Waals surface area contributed by atoms with Crippen molar-refractivity contribution in [3.8, 4) is 11.3 Å². The molecule has 0 unspecified atom stereocenters. The van der Waals surface area contributed by atoms with E-state index in [1.54, 1.807) is 18.2 Å². The van der Waals surface area contributed by atoms with Crippen LogP contribution in [0.2, 0.25) is 0 Å². The maximum Gasteiger partial charge on any atom is 0.273 e. The normalized spacial score (nSPS) is 14.8. The van der Waals surface area contributed by atoms with Crippen molar-refractivity contribution in [2.24, 2.45) is 0 Å². The number of carbonyl (C=O) groups excluding carboxylic acids is 1. The summed E-state index contributed by atoms with van der Waals surface area (Å²) in [6, 6.07) is 15.6. The quantitative estimate of drug-likeness (QED) is 0.689. The lowest BCUT2D eigenvalue weighted by atomic mass is 10.1. The number of nitrogens with zero attached hydrogens (tertiary/aromatic N) is 2. The van der Waals surface area contributed by atoms with Crippen LogP contribution in [0.25, 0.3) is 11.3 Å². The van der Waals surface area contributed by atoms with Gasteiger partial charge in [0.1, 0.15) is 11.5 Å². The molecule has 1 aliphatic heterocycles. The molecule has 1 fully saturated rings. The van der Waals surface area contributed by atoms with Gasteiger partial charge in [0.05, 0.1) is 5.69 Å². The molecule has 1 aromatic heterocycles. The summed E-state index contributed by atoms with van der Waals surface area (Å²) in [5, 5.41) is 9.77. The molecule has 2 heterocycles. The van der Waals surface area contributed by atoms with Crippen LogP contribution in [-0.2, 0) is 6.54 Å². The van der Waals surface area contributed by atoms with Crippen LogP contribution in [0.3, 0.4) is 0 Å². The molecule has 144 valence electrons. The second kappa shape index (κ2) is 8.35. The lowest BCUT2D eigenvalue weighted by molar-refractivity contribution is 0.102. The molecule has 5 nitrogen and oxygen atoms in total. The summed E-state index contributed by atoms with van der Waals surface area (Å²) in [7, 11) is 0. The fourth-order valence-electron chi connectivity index (χ4n) is 3.47. The van der Waals surface area contributed by atoms with E-state index in [0.29, 0.717) is 11.4 Å². The van der Waals surface area contributed by atoms with E-state index in [1.807, 2.05) is 12.1 Å². The Kier molecular flexibility index (Phi) is 5.48. The molecule has 3 aromatic rings. The number of hydrogen-bond donors (Lipinski definition) is 2. The Bertz CT molecular complexity index is 928. The van der Waals surface area contributed by atoms with Gasteiger partial charge in [0, 0.05) is 17.8 Å². The van der Waals surface area contributed by atoms with Gasteiger partial charge in [-0.25, -0.2) is 4.39 Å². The number of hydrogen-bond acceptors (Lipinski definition) is 3. The van der Waals surface area contributed by atoms with Crippen molar-refractivity contribution in [2.75, 3.05) is 18.4 Å². The number of H-pyrrole nitrogens is 1. The average molecular weight is 378 g/mol. The van der Waals surface area contributed by atoms with Crippen molar-refractivity contribution in [1.29, 1.82) is 0 Å². The number of carbonyl (C=O) groups is 1. The molecular weight excluding hydrogens is 355 g/mol. The molecule has 0 spiro atoms. The molecule has 0 bridgehead atoms. The minimum atomic E-state index is -0.305. The highest BCUT2D eigenvalue weighted by Gasteiger charge is 2.13. The lowest BCUT2D eigenvalue weighted by Gasteiger charge is -2.26. The molecule has 0 saturated carbocycles. The smallest absolute Gasteiger partial charge is 0.273 e. The largest absolute Gasteiger partial charge is 0.321 e. The van der Waals surface area contributed by atoms with Crippen LogP contribution < -0.4 is 5.32 Å². The topological polar surface area (TPSA) is 61.0 Å². The summed E-state index contributed by atoms with van der Waals surface area (Å²) in [4.78, 5) is 14.9. The Hall–Kier alpha value is -2.99. The zero-order chi connectivity index (χ0) is 19.3. The Morgan fingerprint density at radius 1 is 1.04 bits per heavy atom. The Balaban J connectivity index is 1.37. The van der Waals surface area contributed by atoms with Gasteiger partial charge in [-0.15, -0.1) is 0 Å². The maximum atomic E-state index is 13.0. The Morgan fingerprint density at radius 2 is 1.75 bits per heavy atom. The van der Waals surface area contributed by atoms with Crippen LogP contribution >= 0.6 is 0 Å². The van der Waals surface area contributed by atoms with E-state index in [-0.39, 0.29) is 11.7 Å². The number of piperidine rings is 1. The Labute approximate surface area is 163 Å². The highest BCUT2D eigenvalue weighted by atomic mass is 19.1. The standard InChI is InChI=1S/C22H23FN4O/c23-18-8-6-17(7-9-18)20-14-21(26-25-20)22(28)24-19-10-4-16(5-11-19)15-27-12-2-1-3-13-27/h4-11,14H,1-3,12-13,15H2,(H,24,28)(H,25,26). The van der Waals surface area contributed by atoms with Crippen molar-refractivity contribution in [2.45, 2.75) is 25.8 Å². The molecule has 0 atom stereocenters. The summed E-state index contributed by atoms with van der Waals surface area (Å²) in [5.41, 5.74) is 3.70. The minimum Gasteiger partial charge on any atom is -0.321 e. The molecule has 6 heteroatoms. The third-order valence-electron chi connectivity index (χ3n) is 5.03. The van der Waals surface area contributed by atoms with Gasteiger partial charge in [-0.1, -0.05) is 18.6 Å². The van der Waals surface area contributed by atoms with Crippen molar-refractivity contribution in [3.63, 3.8) is 0 Å². The molecule has 2 N–H and O–H groups in total. The zero-order valence-corrected chi connectivity index (χ0v) is 15.6. The van der Waals surface area contributed by atoms with E-state index in [0.717, 1.165) is 30.9 Å². The fourth-order valence-corrected chi connectivity index (χ4v) is 3.47. The van der Waals surface area contributed by atoms with Crippen molar-refractivity contribution < 1.29 is 9.18 Å². The number of halogens is 1. The average Bonchev–Trinajstić information content (AvgIpc) is 3.21. The zero-order valence-electron chi connectivity index (χ0n) is 15.6. The number of benzene rings is 2. The Morgan fingerprint density at radius 3 is 2.46 bits per heavy atom. The van der Waals surface area contributed by atoms with Crippen molar-refractivity contribution >= 4 is 11.6 Å². The van der Waals surface area contributed by atoms with Gasteiger partial charge < -0.3 is 5.32 Å². The summed E-state index contributed by atoms with van der Waals surface area (Å²) in [5.74, 6) is -0.564. The highest BCUT2D eigenvalue weighted by Crippen LogP contribution is 2.19. The third kappa shape index (κ3) is 4.46. The molecule has 0 radical (unpaired) electrons. The van der Waals surface area contributed by atoms with E-state index in [4.69, 9.17) is 0 Å². The molecule has 28 heavy (non-hydrogen) atoms. The molecule has 1 saturated heterocycles. The number of aromatic amines is 1.